The van der Waals surface area contributed by atoms with E-state index in [2.05, 4.69) is 30.1 Å². The average Bonchev–Trinajstić information content (AvgIpc) is 2.96. The van der Waals surface area contributed by atoms with Crippen LogP contribution in [0.2, 0.25) is 0 Å². The molecule has 0 fully saturated rings. The van der Waals surface area contributed by atoms with Gasteiger partial charge >= 0.3 is 0 Å². The summed E-state index contributed by atoms with van der Waals surface area (Å²) in [6, 6.07) is 9.88. The lowest BCUT2D eigenvalue weighted by molar-refractivity contribution is 0.326. The molecule has 0 aliphatic carbocycles. The minimum atomic E-state index is -0.0402. The predicted molar refractivity (Wildman–Crippen MR) is 88.5 cm³/mol. The van der Waals surface area contributed by atoms with Crippen LogP contribution in [0.3, 0.4) is 0 Å². The molecule has 0 saturated heterocycles. The highest BCUT2D eigenvalue weighted by Crippen LogP contribution is 2.43. The van der Waals surface area contributed by atoms with Crippen LogP contribution in [0, 0.1) is 0 Å². The van der Waals surface area contributed by atoms with E-state index in [1.807, 2.05) is 6.07 Å². The van der Waals surface area contributed by atoms with E-state index in [0.29, 0.717) is 0 Å². The molecule has 23 heavy (non-hydrogen) atoms. The van der Waals surface area contributed by atoms with Gasteiger partial charge in [0, 0.05) is 36.6 Å². The summed E-state index contributed by atoms with van der Waals surface area (Å²) in [4.78, 5) is 2.27. The fourth-order valence-corrected chi connectivity index (χ4v) is 3.81. The third-order valence-electron chi connectivity index (χ3n) is 5.03. The molecule has 0 saturated carbocycles. The summed E-state index contributed by atoms with van der Waals surface area (Å²) >= 11 is 0. The minimum Gasteiger partial charge on any atom is -0.504 e. The van der Waals surface area contributed by atoms with E-state index >= 15 is 0 Å². The molecule has 4 rings (SSSR count). The number of likely N-dealkylation sites (N-methyl/N-ethyl adjacent to an activating group) is 1. The fourth-order valence-electron chi connectivity index (χ4n) is 3.81. The van der Waals surface area contributed by atoms with E-state index in [1.54, 1.807) is 6.07 Å². The number of rotatable bonds is 1. The Morgan fingerprint density at radius 2 is 1.96 bits per heavy atom. The van der Waals surface area contributed by atoms with Crippen molar-refractivity contribution in [2.45, 2.75) is 18.8 Å². The first kappa shape index (κ1) is 14.4. The standard InChI is InChI=1S/C19H21NO3/c1-20-9-7-14-13(5-6-17(21)18(14)22)16(11-20)15-4-2-3-12-8-10-23-19(12)15/h2-6,16,21-22H,7-11H2,1H3. The highest BCUT2D eigenvalue weighted by atomic mass is 16.5. The predicted octanol–water partition coefficient (Wildman–Crippen LogP) is 2.65. The molecule has 1 unspecified atom stereocenters. The second-order valence-electron chi connectivity index (χ2n) is 6.50. The molecule has 2 aromatic carbocycles. The molecule has 0 aromatic heterocycles. The first-order chi connectivity index (χ1) is 11.1. The molecule has 4 heteroatoms. The van der Waals surface area contributed by atoms with Gasteiger partial charge in [0.2, 0.25) is 0 Å². The van der Waals surface area contributed by atoms with Crippen molar-refractivity contribution in [3.63, 3.8) is 0 Å². The monoisotopic (exact) mass is 311 g/mol. The number of aromatic hydroxyl groups is 2. The summed E-state index contributed by atoms with van der Waals surface area (Å²) in [6.07, 6.45) is 1.69. The first-order valence-corrected chi connectivity index (χ1v) is 8.12. The van der Waals surface area contributed by atoms with Crippen LogP contribution in [-0.4, -0.2) is 41.9 Å². The van der Waals surface area contributed by atoms with Crippen LogP contribution in [0.5, 0.6) is 17.2 Å². The SMILES string of the molecule is CN1CCc2c(ccc(O)c2O)C(c2cccc3c2OCC3)C1. The smallest absolute Gasteiger partial charge is 0.161 e. The quantitative estimate of drug-likeness (QED) is 0.795. The van der Waals surface area contributed by atoms with Gasteiger partial charge in [-0.15, -0.1) is 0 Å². The van der Waals surface area contributed by atoms with Gasteiger partial charge in [-0.25, -0.2) is 0 Å². The zero-order valence-corrected chi connectivity index (χ0v) is 13.2. The van der Waals surface area contributed by atoms with Crippen LogP contribution in [0.25, 0.3) is 0 Å². The van der Waals surface area contributed by atoms with E-state index in [-0.39, 0.29) is 17.4 Å². The van der Waals surface area contributed by atoms with Crippen molar-refractivity contribution in [3.05, 3.63) is 52.6 Å². The van der Waals surface area contributed by atoms with Crippen LogP contribution < -0.4 is 4.74 Å². The second-order valence-corrected chi connectivity index (χ2v) is 6.50. The maximum atomic E-state index is 10.3. The maximum absolute atomic E-state index is 10.3. The van der Waals surface area contributed by atoms with E-state index in [4.69, 9.17) is 4.74 Å². The van der Waals surface area contributed by atoms with Crippen LogP contribution in [0.15, 0.2) is 30.3 Å². The van der Waals surface area contributed by atoms with Crippen molar-refractivity contribution >= 4 is 0 Å². The van der Waals surface area contributed by atoms with E-state index in [1.165, 1.54) is 11.1 Å². The van der Waals surface area contributed by atoms with E-state index in [0.717, 1.165) is 49.4 Å². The molecule has 0 radical (unpaired) electrons. The Labute approximate surface area is 135 Å². The van der Waals surface area contributed by atoms with Gasteiger partial charge in [-0.05, 0) is 30.7 Å². The van der Waals surface area contributed by atoms with Gasteiger partial charge in [0.25, 0.3) is 0 Å². The molecular formula is C19H21NO3. The van der Waals surface area contributed by atoms with Gasteiger partial charge in [-0.3, -0.25) is 0 Å². The molecule has 2 aromatic rings. The van der Waals surface area contributed by atoms with Crippen molar-refractivity contribution in [1.82, 2.24) is 4.90 Å². The van der Waals surface area contributed by atoms with Crippen LogP contribution >= 0.6 is 0 Å². The third kappa shape index (κ3) is 2.34. The summed E-state index contributed by atoms with van der Waals surface area (Å²) < 4.78 is 5.90. The summed E-state index contributed by atoms with van der Waals surface area (Å²) in [5, 5.41) is 20.2. The molecular weight excluding hydrogens is 290 g/mol. The van der Waals surface area contributed by atoms with Gasteiger partial charge < -0.3 is 19.8 Å². The van der Waals surface area contributed by atoms with Crippen LogP contribution in [-0.2, 0) is 12.8 Å². The van der Waals surface area contributed by atoms with Crippen molar-refractivity contribution in [2.24, 2.45) is 0 Å². The molecule has 0 spiro atoms. The highest BCUT2D eigenvalue weighted by molar-refractivity contribution is 5.56. The number of phenols is 2. The van der Waals surface area contributed by atoms with Gasteiger partial charge in [0.05, 0.1) is 6.61 Å². The molecule has 2 heterocycles. The average molecular weight is 311 g/mol. The van der Waals surface area contributed by atoms with Crippen LogP contribution in [0.4, 0.5) is 0 Å². The van der Waals surface area contributed by atoms with Gasteiger partial charge in [-0.2, -0.15) is 0 Å². The number of hydrogen-bond acceptors (Lipinski definition) is 4. The summed E-state index contributed by atoms with van der Waals surface area (Å²) in [7, 11) is 2.10. The molecule has 2 aliphatic rings. The summed E-state index contributed by atoms with van der Waals surface area (Å²) in [5.74, 6) is 1.13. The number of benzene rings is 2. The zero-order chi connectivity index (χ0) is 16.0. The Kier molecular flexibility index (Phi) is 3.42. The lowest BCUT2D eigenvalue weighted by atomic mass is 9.86. The number of nitrogens with zero attached hydrogens (tertiary/aromatic N) is 1. The number of phenolic OH excluding ortho intramolecular Hbond substituents is 2. The minimum absolute atomic E-state index is 0.0243. The molecule has 0 bridgehead atoms. The number of fused-ring (bicyclic) bond motifs is 2. The Morgan fingerprint density at radius 3 is 2.83 bits per heavy atom. The molecule has 1 atom stereocenters. The number of ether oxygens (including phenoxy) is 1. The molecule has 0 amide bonds. The maximum Gasteiger partial charge on any atom is 0.161 e. The highest BCUT2D eigenvalue weighted by Gasteiger charge is 2.29. The van der Waals surface area contributed by atoms with Crippen molar-refractivity contribution in [3.8, 4) is 17.2 Å². The molecule has 120 valence electrons. The van der Waals surface area contributed by atoms with E-state index < -0.39 is 0 Å². The third-order valence-corrected chi connectivity index (χ3v) is 5.03. The van der Waals surface area contributed by atoms with Crippen molar-refractivity contribution in [1.29, 1.82) is 0 Å². The van der Waals surface area contributed by atoms with Crippen molar-refractivity contribution in [2.75, 3.05) is 26.7 Å². The Balaban J connectivity index is 1.89. The second kappa shape index (κ2) is 5.46. The topological polar surface area (TPSA) is 52.9 Å². The fraction of sp³-hybridized carbons (Fsp3) is 0.368. The molecule has 4 nitrogen and oxygen atoms in total. The van der Waals surface area contributed by atoms with Gasteiger partial charge in [0.1, 0.15) is 5.75 Å². The van der Waals surface area contributed by atoms with Crippen molar-refractivity contribution < 1.29 is 14.9 Å². The largest absolute Gasteiger partial charge is 0.504 e. The number of hydrogen-bond donors (Lipinski definition) is 2. The summed E-state index contributed by atoms with van der Waals surface area (Å²) in [6.45, 7) is 2.47. The zero-order valence-electron chi connectivity index (χ0n) is 13.2. The lowest BCUT2D eigenvalue weighted by Crippen LogP contribution is -2.24. The molecule has 2 N–H and O–H groups in total. The Morgan fingerprint density at radius 1 is 1.09 bits per heavy atom. The Hall–Kier alpha value is -2.20. The molecule has 2 aliphatic heterocycles. The summed E-state index contributed by atoms with van der Waals surface area (Å²) in [5.41, 5.74) is 4.39. The van der Waals surface area contributed by atoms with Gasteiger partial charge in [-0.1, -0.05) is 24.3 Å². The first-order valence-electron chi connectivity index (χ1n) is 8.12. The van der Waals surface area contributed by atoms with Crippen LogP contribution in [0.1, 0.15) is 28.2 Å². The number of para-hydroxylation sites is 1. The van der Waals surface area contributed by atoms with E-state index in [9.17, 15) is 10.2 Å². The lowest BCUT2D eigenvalue weighted by Gasteiger charge is -2.24. The normalized spacial score (nSPS) is 20.5. The van der Waals surface area contributed by atoms with Gasteiger partial charge in [0.15, 0.2) is 11.5 Å². The Bertz CT molecular complexity index is 757.